The summed E-state index contributed by atoms with van der Waals surface area (Å²) < 4.78 is 42.6. The topological polar surface area (TPSA) is 46.6 Å². The van der Waals surface area contributed by atoms with Gasteiger partial charge in [0.25, 0.3) is 0 Å². The Kier molecular flexibility index (Phi) is 4.20. The van der Waals surface area contributed by atoms with E-state index in [-0.39, 0.29) is 18.6 Å². The third-order valence-corrected chi connectivity index (χ3v) is 3.38. The number of carbonyl (C=O) groups excluding carboxylic acids is 2. The van der Waals surface area contributed by atoms with Crippen LogP contribution in [0.15, 0.2) is 24.3 Å². The smallest absolute Gasteiger partial charge is 0.416 e. The molecule has 0 saturated carbocycles. The summed E-state index contributed by atoms with van der Waals surface area (Å²) >= 11 is 0. The van der Waals surface area contributed by atoms with Crippen LogP contribution in [0.4, 0.5) is 13.2 Å². The van der Waals surface area contributed by atoms with Gasteiger partial charge in [-0.1, -0.05) is 18.2 Å². The van der Waals surface area contributed by atoms with Gasteiger partial charge >= 0.3 is 12.1 Å². The van der Waals surface area contributed by atoms with Gasteiger partial charge < -0.3 is 9.64 Å². The van der Waals surface area contributed by atoms with E-state index in [1.54, 1.807) is 0 Å². The molecule has 0 radical (unpaired) electrons. The van der Waals surface area contributed by atoms with Gasteiger partial charge in [0.15, 0.2) is 0 Å². The summed E-state index contributed by atoms with van der Waals surface area (Å²) in [6.07, 6.45) is -4.23. The summed E-state index contributed by atoms with van der Waals surface area (Å²) in [5.41, 5.74) is -0.538. The number of cyclic esters (lactones) is 1. The van der Waals surface area contributed by atoms with Gasteiger partial charge in [0.1, 0.15) is 6.04 Å². The number of rotatable bonds is 3. The number of halogens is 3. The second kappa shape index (κ2) is 5.75. The number of alkyl halides is 3. The average Bonchev–Trinajstić information content (AvgIpc) is 2.83. The van der Waals surface area contributed by atoms with Crippen LogP contribution < -0.4 is 0 Å². The number of likely N-dealkylation sites (N-methyl/N-ethyl adjacent to an activating group) is 1. The van der Waals surface area contributed by atoms with Gasteiger partial charge in [-0.2, -0.15) is 13.2 Å². The Balaban J connectivity index is 2.07. The third-order valence-electron chi connectivity index (χ3n) is 3.38. The highest BCUT2D eigenvalue weighted by Crippen LogP contribution is 2.29. The second-order valence-corrected chi connectivity index (χ2v) is 4.85. The maximum Gasteiger partial charge on any atom is 0.416 e. The van der Waals surface area contributed by atoms with E-state index in [4.69, 9.17) is 4.74 Å². The predicted molar refractivity (Wildman–Crippen MR) is 67.3 cm³/mol. The number of carbonyl (C=O) groups is 2. The number of amides is 1. The van der Waals surface area contributed by atoms with Gasteiger partial charge in [-0.05, 0) is 11.6 Å². The fourth-order valence-electron chi connectivity index (χ4n) is 2.17. The molecule has 1 fully saturated rings. The standard InChI is InChI=1S/C14H14F3NO3/c1-18(11-5-6-21-13(11)20)12(19)8-9-3-2-4-10(7-9)14(15,16)17/h2-4,7,11H,5-6,8H2,1H3. The van der Waals surface area contributed by atoms with Crippen molar-refractivity contribution >= 4 is 11.9 Å². The first-order valence-corrected chi connectivity index (χ1v) is 6.37. The van der Waals surface area contributed by atoms with Crippen LogP contribution in [0.1, 0.15) is 17.5 Å². The van der Waals surface area contributed by atoms with Crippen molar-refractivity contribution in [2.75, 3.05) is 13.7 Å². The van der Waals surface area contributed by atoms with Gasteiger partial charge in [-0.3, -0.25) is 4.79 Å². The molecule has 0 spiro atoms. The Bertz CT molecular complexity index is 557. The van der Waals surface area contributed by atoms with Crippen LogP contribution in [0.5, 0.6) is 0 Å². The summed E-state index contributed by atoms with van der Waals surface area (Å²) in [4.78, 5) is 24.7. The van der Waals surface area contributed by atoms with Crippen LogP contribution in [0.3, 0.4) is 0 Å². The van der Waals surface area contributed by atoms with Crippen LogP contribution in [-0.4, -0.2) is 36.5 Å². The second-order valence-electron chi connectivity index (χ2n) is 4.85. The summed E-state index contributed by atoms with van der Waals surface area (Å²) in [6.45, 7) is 0.255. The zero-order valence-electron chi connectivity index (χ0n) is 11.3. The van der Waals surface area contributed by atoms with Crippen LogP contribution in [0, 0.1) is 0 Å². The number of benzene rings is 1. The van der Waals surface area contributed by atoms with Crippen molar-refractivity contribution in [3.63, 3.8) is 0 Å². The highest BCUT2D eigenvalue weighted by atomic mass is 19.4. The minimum absolute atomic E-state index is 0.190. The monoisotopic (exact) mass is 301 g/mol. The fraction of sp³-hybridized carbons (Fsp3) is 0.429. The van der Waals surface area contributed by atoms with Gasteiger partial charge in [0.2, 0.25) is 5.91 Å². The largest absolute Gasteiger partial charge is 0.464 e. The molecule has 0 aromatic heterocycles. The molecule has 1 aromatic carbocycles. The van der Waals surface area contributed by atoms with Crippen molar-refractivity contribution in [2.24, 2.45) is 0 Å². The van der Waals surface area contributed by atoms with E-state index >= 15 is 0 Å². The van der Waals surface area contributed by atoms with Crippen LogP contribution in [0.25, 0.3) is 0 Å². The van der Waals surface area contributed by atoms with Crippen molar-refractivity contribution in [2.45, 2.75) is 25.1 Å². The SMILES string of the molecule is CN(C(=O)Cc1cccc(C(F)(F)F)c1)C1CCOC1=O. The maximum absolute atomic E-state index is 12.6. The van der Waals surface area contributed by atoms with Gasteiger partial charge in [-0.15, -0.1) is 0 Å². The minimum atomic E-state index is -4.44. The summed E-state index contributed by atoms with van der Waals surface area (Å²) in [5.74, 6) is -0.895. The molecule has 2 rings (SSSR count). The fourth-order valence-corrected chi connectivity index (χ4v) is 2.17. The Morgan fingerprint density at radius 3 is 2.71 bits per heavy atom. The molecule has 1 amide bonds. The predicted octanol–water partition coefficient (Wildman–Crippen LogP) is 2.02. The highest BCUT2D eigenvalue weighted by Gasteiger charge is 2.33. The first kappa shape index (κ1) is 15.3. The Hall–Kier alpha value is -2.05. The first-order chi connectivity index (χ1) is 9.79. The van der Waals surface area contributed by atoms with Crippen molar-refractivity contribution in [1.29, 1.82) is 0 Å². The molecule has 0 bridgehead atoms. The lowest BCUT2D eigenvalue weighted by Crippen LogP contribution is -2.40. The van der Waals surface area contributed by atoms with E-state index in [1.807, 2.05) is 0 Å². The van der Waals surface area contributed by atoms with Gasteiger partial charge in [-0.25, -0.2) is 4.79 Å². The lowest BCUT2D eigenvalue weighted by atomic mass is 10.1. The van der Waals surface area contributed by atoms with Crippen LogP contribution in [-0.2, 0) is 26.9 Å². The lowest BCUT2D eigenvalue weighted by Gasteiger charge is -2.21. The third kappa shape index (κ3) is 3.53. The molecule has 1 aliphatic rings. The van der Waals surface area contributed by atoms with E-state index in [0.717, 1.165) is 12.1 Å². The summed E-state index contributed by atoms with van der Waals surface area (Å²) in [7, 11) is 1.45. The number of ether oxygens (including phenoxy) is 1. The molecule has 4 nitrogen and oxygen atoms in total. The summed E-state index contributed by atoms with van der Waals surface area (Å²) in [5, 5.41) is 0. The van der Waals surface area contributed by atoms with Gasteiger partial charge in [0.05, 0.1) is 18.6 Å². The molecule has 7 heteroatoms. The number of hydrogen-bond acceptors (Lipinski definition) is 3. The van der Waals surface area contributed by atoms with E-state index < -0.39 is 29.7 Å². The zero-order chi connectivity index (χ0) is 15.6. The van der Waals surface area contributed by atoms with Crippen molar-refractivity contribution in [3.05, 3.63) is 35.4 Å². The lowest BCUT2D eigenvalue weighted by molar-refractivity contribution is -0.146. The molecule has 1 atom stereocenters. The molecule has 1 heterocycles. The maximum atomic E-state index is 12.6. The first-order valence-electron chi connectivity index (χ1n) is 6.37. The Morgan fingerprint density at radius 1 is 1.43 bits per heavy atom. The summed E-state index contributed by atoms with van der Waals surface area (Å²) in [6, 6.07) is 3.96. The molecule has 21 heavy (non-hydrogen) atoms. The molecule has 0 N–H and O–H groups in total. The molecule has 1 unspecified atom stereocenters. The van der Waals surface area contributed by atoms with E-state index in [2.05, 4.69) is 0 Å². The molecule has 1 aliphatic heterocycles. The molecular formula is C14H14F3NO3. The minimum Gasteiger partial charge on any atom is -0.464 e. The van der Waals surface area contributed by atoms with E-state index in [1.165, 1.54) is 24.1 Å². The van der Waals surface area contributed by atoms with Crippen LogP contribution in [0.2, 0.25) is 0 Å². The quantitative estimate of drug-likeness (QED) is 0.803. The van der Waals surface area contributed by atoms with Crippen molar-refractivity contribution in [3.8, 4) is 0 Å². The normalized spacial score (nSPS) is 18.5. The van der Waals surface area contributed by atoms with Crippen LogP contribution >= 0.6 is 0 Å². The Morgan fingerprint density at radius 2 is 2.14 bits per heavy atom. The van der Waals surface area contributed by atoms with Crippen molar-refractivity contribution in [1.82, 2.24) is 4.90 Å². The number of esters is 1. The highest BCUT2D eigenvalue weighted by molar-refractivity contribution is 5.86. The molecular weight excluding hydrogens is 287 g/mol. The van der Waals surface area contributed by atoms with Crippen molar-refractivity contribution < 1.29 is 27.5 Å². The average molecular weight is 301 g/mol. The molecule has 0 aliphatic carbocycles. The zero-order valence-corrected chi connectivity index (χ0v) is 11.3. The molecule has 1 aromatic rings. The van der Waals surface area contributed by atoms with E-state index in [9.17, 15) is 22.8 Å². The molecule has 1 saturated heterocycles. The Labute approximate surface area is 119 Å². The molecule has 114 valence electrons. The number of hydrogen-bond donors (Lipinski definition) is 0. The number of nitrogens with zero attached hydrogens (tertiary/aromatic N) is 1. The van der Waals surface area contributed by atoms with E-state index in [0.29, 0.717) is 6.42 Å². The van der Waals surface area contributed by atoms with Gasteiger partial charge in [0, 0.05) is 13.5 Å².